The molecule has 1 aliphatic carbocycles. The molecule has 5 heteroatoms. The van der Waals surface area contributed by atoms with E-state index in [0.717, 1.165) is 17.7 Å². The largest absolute Gasteiger partial charge is 0.387 e. The first-order valence-electron chi connectivity index (χ1n) is 7.64. The van der Waals surface area contributed by atoms with Crippen LogP contribution in [0.4, 0.5) is 0 Å². The molecule has 1 heterocycles. The quantitative estimate of drug-likeness (QED) is 0.819. The standard InChI is InChI=1S/C16H26N2O2S/c1-16(20,11-18(2)3)10-17-15(19)14-9-12-7-5-4-6-8-13(12)21-14/h9,20H,4-8,10-11H2,1-3H3,(H,17,19). The summed E-state index contributed by atoms with van der Waals surface area (Å²) in [6.07, 6.45) is 5.94. The highest BCUT2D eigenvalue weighted by Gasteiger charge is 2.23. The maximum atomic E-state index is 12.3. The van der Waals surface area contributed by atoms with Crippen LogP contribution in [-0.4, -0.2) is 48.7 Å². The molecule has 2 N–H and O–H groups in total. The van der Waals surface area contributed by atoms with Crippen molar-refractivity contribution in [1.29, 1.82) is 0 Å². The second kappa shape index (κ2) is 6.90. The molecule has 0 aliphatic heterocycles. The summed E-state index contributed by atoms with van der Waals surface area (Å²) in [4.78, 5) is 16.3. The highest BCUT2D eigenvalue weighted by atomic mass is 32.1. The number of amides is 1. The van der Waals surface area contributed by atoms with E-state index in [-0.39, 0.29) is 12.5 Å². The van der Waals surface area contributed by atoms with Gasteiger partial charge in [-0.15, -0.1) is 11.3 Å². The van der Waals surface area contributed by atoms with E-state index in [4.69, 9.17) is 0 Å². The molecule has 2 rings (SSSR count). The zero-order valence-corrected chi connectivity index (χ0v) is 14.1. The van der Waals surface area contributed by atoms with Gasteiger partial charge in [0.25, 0.3) is 5.91 Å². The lowest BCUT2D eigenvalue weighted by Crippen LogP contribution is -2.47. The number of carbonyl (C=O) groups excluding carboxylic acids is 1. The third-order valence-corrected chi connectivity index (χ3v) is 4.99. The van der Waals surface area contributed by atoms with Crippen LogP contribution in [-0.2, 0) is 12.8 Å². The summed E-state index contributed by atoms with van der Waals surface area (Å²) in [5.74, 6) is -0.0629. The van der Waals surface area contributed by atoms with Gasteiger partial charge in [-0.3, -0.25) is 4.79 Å². The Labute approximate surface area is 131 Å². The number of aryl methyl sites for hydroxylation is 2. The minimum Gasteiger partial charge on any atom is -0.387 e. The Balaban J connectivity index is 1.95. The van der Waals surface area contributed by atoms with Crippen LogP contribution in [0.15, 0.2) is 6.07 Å². The summed E-state index contributed by atoms with van der Waals surface area (Å²) in [5, 5.41) is 13.1. The van der Waals surface area contributed by atoms with Gasteiger partial charge in [0.15, 0.2) is 0 Å². The number of carbonyl (C=O) groups is 1. The van der Waals surface area contributed by atoms with Crippen LogP contribution >= 0.6 is 11.3 Å². The molecular weight excluding hydrogens is 284 g/mol. The average molecular weight is 310 g/mol. The van der Waals surface area contributed by atoms with Crippen molar-refractivity contribution in [1.82, 2.24) is 10.2 Å². The maximum Gasteiger partial charge on any atom is 0.261 e. The van der Waals surface area contributed by atoms with E-state index in [1.807, 2.05) is 25.1 Å². The molecule has 4 nitrogen and oxygen atoms in total. The topological polar surface area (TPSA) is 52.6 Å². The monoisotopic (exact) mass is 310 g/mol. The van der Waals surface area contributed by atoms with Gasteiger partial charge in [0, 0.05) is 18.0 Å². The molecule has 118 valence electrons. The van der Waals surface area contributed by atoms with Gasteiger partial charge in [-0.05, 0) is 58.3 Å². The molecule has 1 aromatic heterocycles. The lowest BCUT2D eigenvalue weighted by atomic mass is 10.1. The Bertz CT molecular complexity index is 471. The van der Waals surface area contributed by atoms with Crippen LogP contribution in [0.2, 0.25) is 0 Å². The van der Waals surface area contributed by atoms with Crippen molar-refractivity contribution in [3.63, 3.8) is 0 Å². The molecule has 1 aromatic rings. The van der Waals surface area contributed by atoms with Gasteiger partial charge in [-0.1, -0.05) is 6.42 Å². The first kappa shape index (κ1) is 16.5. The van der Waals surface area contributed by atoms with Gasteiger partial charge < -0.3 is 15.3 Å². The van der Waals surface area contributed by atoms with Crippen molar-refractivity contribution in [3.8, 4) is 0 Å². The number of nitrogens with one attached hydrogen (secondary N) is 1. The normalized spacial score (nSPS) is 18.0. The number of aliphatic hydroxyl groups is 1. The summed E-state index contributed by atoms with van der Waals surface area (Å²) in [5.41, 5.74) is 0.441. The van der Waals surface area contributed by atoms with E-state index in [0.29, 0.717) is 6.54 Å². The molecule has 0 saturated heterocycles. The minimum absolute atomic E-state index is 0.0629. The fourth-order valence-corrected chi connectivity index (χ4v) is 4.04. The summed E-state index contributed by atoms with van der Waals surface area (Å²) in [6.45, 7) is 2.54. The first-order valence-corrected chi connectivity index (χ1v) is 8.46. The molecular formula is C16H26N2O2S. The van der Waals surface area contributed by atoms with Crippen molar-refractivity contribution >= 4 is 17.2 Å². The van der Waals surface area contributed by atoms with Crippen LogP contribution in [0, 0.1) is 0 Å². The van der Waals surface area contributed by atoms with Crippen molar-refractivity contribution in [2.45, 2.75) is 44.6 Å². The molecule has 0 fully saturated rings. The van der Waals surface area contributed by atoms with Crippen molar-refractivity contribution < 1.29 is 9.90 Å². The molecule has 0 saturated carbocycles. The Kier molecular flexibility index (Phi) is 5.41. The van der Waals surface area contributed by atoms with Crippen molar-refractivity contribution in [2.24, 2.45) is 0 Å². The molecule has 0 radical (unpaired) electrons. The summed E-state index contributed by atoms with van der Waals surface area (Å²) >= 11 is 1.62. The zero-order valence-electron chi connectivity index (χ0n) is 13.2. The molecule has 0 spiro atoms. The Hall–Kier alpha value is -0.910. The van der Waals surface area contributed by atoms with Crippen LogP contribution in [0.5, 0.6) is 0 Å². The third-order valence-electron chi connectivity index (χ3n) is 3.76. The number of fused-ring (bicyclic) bond motifs is 1. The highest BCUT2D eigenvalue weighted by molar-refractivity contribution is 7.14. The number of nitrogens with zero attached hydrogens (tertiary/aromatic N) is 1. The Morgan fingerprint density at radius 1 is 1.38 bits per heavy atom. The van der Waals surface area contributed by atoms with Crippen LogP contribution in [0.3, 0.4) is 0 Å². The predicted molar refractivity (Wildman–Crippen MR) is 87.1 cm³/mol. The average Bonchev–Trinajstić information content (AvgIpc) is 2.66. The molecule has 1 unspecified atom stereocenters. The molecule has 1 atom stereocenters. The van der Waals surface area contributed by atoms with Gasteiger partial charge in [0.05, 0.1) is 10.5 Å². The number of hydrogen-bond donors (Lipinski definition) is 2. The smallest absolute Gasteiger partial charge is 0.261 e. The van der Waals surface area contributed by atoms with Gasteiger partial charge in [0.2, 0.25) is 0 Å². The summed E-state index contributed by atoms with van der Waals surface area (Å²) in [6, 6.07) is 2.04. The molecule has 0 aromatic carbocycles. The molecule has 21 heavy (non-hydrogen) atoms. The summed E-state index contributed by atoms with van der Waals surface area (Å²) < 4.78 is 0. The second-order valence-electron chi connectivity index (χ2n) is 6.54. The number of likely N-dealkylation sites (N-methyl/N-ethyl adjacent to an activating group) is 1. The SMILES string of the molecule is CN(C)CC(C)(O)CNC(=O)c1cc2c(s1)CCCCC2. The lowest BCUT2D eigenvalue weighted by Gasteiger charge is -2.26. The van der Waals surface area contributed by atoms with Crippen molar-refractivity contribution in [3.05, 3.63) is 21.4 Å². The highest BCUT2D eigenvalue weighted by Crippen LogP contribution is 2.28. The van der Waals surface area contributed by atoms with E-state index < -0.39 is 5.60 Å². The van der Waals surface area contributed by atoms with Crippen LogP contribution < -0.4 is 5.32 Å². The molecule has 1 amide bonds. The van der Waals surface area contributed by atoms with E-state index in [1.165, 1.54) is 29.7 Å². The minimum atomic E-state index is -0.909. The van der Waals surface area contributed by atoms with E-state index in [1.54, 1.807) is 18.3 Å². The van der Waals surface area contributed by atoms with E-state index in [9.17, 15) is 9.90 Å². The predicted octanol–water partition coefficient (Wildman–Crippen LogP) is 2.06. The van der Waals surface area contributed by atoms with Crippen LogP contribution in [0.1, 0.15) is 46.3 Å². The number of thiophene rings is 1. The van der Waals surface area contributed by atoms with E-state index in [2.05, 4.69) is 5.32 Å². The van der Waals surface area contributed by atoms with Gasteiger partial charge in [0.1, 0.15) is 0 Å². The first-order chi connectivity index (χ1) is 9.87. The third kappa shape index (κ3) is 4.80. The van der Waals surface area contributed by atoms with Gasteiger partial charge in [-0.2, -0.15) is 0 Å². The molecule has 1 aliphatic rings. The van der Waals surface area contributed by atoms with Gasteiger partial charge in [-0.25, -0.2) is 0 Å². The Morgan fingerprint density at radius 2 is 2.10 bits per heavy atom. The van der Waals surface area contributed by atoms with E-state index >= 15 is 0 Å². The van der Waals surface area contributed by atoms with Crippen molar-refractivity contribution in [2.75, 3.05) is 27.2 Å². The maximum absolute atomic E-state index is 12.3. The number of hydrogen-bond acceptors (Lipinski definition) is 4. The fraction of sp³-hybridized carbons (Fsp3) is 0.688. The fourth-order valence-electron chi connectivity index (χ4n) is 2.87. The zero-order chi connectivity index (χ0) is 15.5. The van der Waals surface area contributed by atoms with Gasteiger partial charge >= 0.3 is 0 Å². The van der Waals surface area contributed by atoms with Crippen LogP contribution in [0.25, 0.3) is 0 Å². The summed E-state index contributed by atoms with van der Waals surface area (Å²) in [7, 11) is 3.82. The second-order valence-corrected chi connectivity index (χ2v) is 7.67. The number of rotatable bonds is 5. The lowest BCUT2D eigenvalue weighted by molar-refractivity contribution is 0.0326. The molecule has 0 bridgehead atoms. The Morgan fingerprint density at radius 3 is 2.81 bits per heavy atom.